The Morgan fingerprint density at radius 1 is 1.11 bits per heavy atom. The summed E-state index contributed by atoms with van der Waals surface area (Å²) in [6.07, 6.45) is 1.24. The molecule has 5 rings (SSSR count). The lowest BCUT2D eigenvalue weighted by Gasteiger charge is -2.35. The fourth-order valence-corrected chi connectivity index (χ4v) is 4.29. The molecule has 2 aliphatic heterocycles. The molecule has 1 amide bonds. The minimum atomic E-state index is -0.550. The van der Waals surface area contributed by atoms with Crippen LogP contribution in [0.25, 0.3) is 0 Å². The summed E-state index contributed by atoms with van der Waals surface area (Å²) in [7, 11) is 1.45. The smallest absolute Gasteiger partial charge is 0.355 e. The molecule has 13 nitrogen and oxygen atoms in total. The summed E-state index contributed by atoms with van der Waals surface area (Å²) in [6.45, 7) is 3.39. The van der Waals surface area contributed by atoms with Gasteiger partial charge in [0, 0.05) is 32.7 Å². The van der Waals surface area contributed by atoms with E-state index >= 15 is 0 Å². The van der Waals surface area contributed by atoms with Gasteiger partial charge in [-0.3, -0.25) is 30.7 Å². The van der Waals surface area contributed by atoms with Crippen molar-refractivity contribution in [3.8, 4) is 17.2 Å². The quantitative estimate of drug-likeness (QED) is 0.342. The maximum absolute atomic E-state index is 12.6. The summed E-state index contributed by atoms with van der Waals surface area (Å²) in [5.74, 6) is 1.42. The van der Waals surface area contributed by atoms with Gasteiger partial charge in [0.1, 0.15) is 12.1 Å². The summed E-state index contributed by atoms with van der Waals surface area (Å²) in [5.41, 5.74) is 6.09. The van der Waals surface area contributed by atoms with Crippen LogP contribution in [-0.2, 0) is 6.54 Å². The molecule has 1 saturated heterocycles. The number of amides is 1. The van der Waals surface area contributed by atoms with Crippen molar-refractivity contribution >= 4 is 23.2 Å². The van der Waals surface area contributed by atoms with E-state index in [0.717, 1.165) is 23.6 Å². The second kappa shape index (κ2) is 10.5. The van der Waals surface area contributed by atoms with E-state index in [4.69, 9.17) is 14.2 Å². The maximum Gasteiger partial charge on any atom is 0.355 e. The molecule has 1 fully saturated rings. The van der Waals surface area contributed by atoms with Crippen LogP contribution in [0.15, 0.2) is 48.8 Å². The van der Waals surface area contributed by atoms with Gasteiger partial charge < -0.3 is 19.1 Å². The molecule has 0 radical (unpaired) electrons. The Bertz CT molecular complexity index is 1310. The lowest BCUT2D eigenvalue weighted by Crippen LogP contribution is -2.46. The van der Waals surface area contributed by atoms with E-state index in [1.54, 1.807) is 24.3 Å². The Kier molecular flexibility index (Phi) is 6.85. The van der Waals surface area contributed by atoms with E-state index < -0.39 is 10.8 Å². The van der Waals surface area contributed by atoms with Gasteiger partial charge in [0.25, 0.3) is 5.91 Å². The molecule has 1 aromatic heterocycles. The number of hydrogen-bond acceptors (Lipinski definition) is 11. The van der Waals surface area contributed by atoms with Crippen LogP contribution in [0.5, 0.6) is 17.2 Å². The van der Waals surface area contributed by atoms with Gasteiger partial charge in [-0.05, 0) is 29.8 Å². The number of anilines is 2. The predicted molar refractivity (Wildman–Crippen MR) is 133 cm³/mol. The maximum atomic E-state index is 12.6. The van der Waals surface area contributed by atoms with Gasteiger partial charge in [-0.15, -0.1) is 0 Å². The largest absolute Gasteiger partial charge is 0.496 e. The summed E-state index contributed by atoms with van der Waals surface area (Å²) in [6, 6.07) is 12.5. The number of piperazine rings is 1. The molecular weight excluding hydrogens is 482 g/mol. The van der Waals surface area contributed by atoms with E-state index in [1.807, 2.05) is 23.1 Å². The zero-order chi connectivity index (χ0) is 25.8. The number of hydrogen-bond donors (Lipinski definition) is 2. The highest BCUT2D eigenvalue weighted by Crippen LogP contribution is 2.34. The van der Waals surface area contributed by atoms with Crippen LogP contribution in [0.2, 0.25) is 0 Å². The summed E-state index contributed by atoms with van der Waals surface area (Å²) in [5, 5.41) is 12.0. The number of nitrogens with one attached hydrogen (secondary N) is 2. The third-order valence-corrected chi connectivity index (χ3v) is 6.15. The molecule has 0 unspecified atom stereocenters. The Morgan fingerprint density at radius 3 is 2.68 bits per heavy atom. The van der Waals surface area contributed by atoms with Crippen LogP contribution < -0.4 is 30.0 Å². The second-order valence-electron chi connectivity index (χ2n) is 8.38. The second-order valence-corrected chi connectivity index (χ2v) is 8.38. The van der Waals surface area contributed by atoms with Crippen molar-refractivity contribution in [2.24, 2.45) is 0 Å². The first-order valence-electron chi connectivity index (χ1n) is 11.6. The topological polar surface area (TPSA) is 144 Å². The Hall–Kier alpha value is -4.65. The van der Waals surface area contributed by atoms with Gasteiger partial charge in [-0.2, -0.15) is 0 Å². The monoisotopic (exact) mass is 507 g/mol. The first-order valence-corrected chi connectivity index (χ1v) is 11.6. The van der Waals surface area contributed by atoms with Crippen LogP contribution in [0.1, 0.15) is 15.9 Å². The number of rotatable bonds is 8. The van der Waals surface area contributed by atoms with Gasteiger partial charge in [-0.25, -0.2) is 9.97 Å². The predicted octanol–water partition coefficient (Wildman–Crippen LogP) is 2.20. The number of para-hydroxylation sites is 1. The number of carbonyl (C=O) groups excluding carboxylic acids is 1. The number of carbonyl (C=O) groups is 1. The van der Waals surface area contributed by atoms with E-state index in [1.165, 1.54) is 13.4 Å². The van der Waals surface area contributed by atoms with Crippen LogP contribution in [0.4, 0.5) is 17.3 Å². The minimum absolute atomic E-state index is 0.110. The molecule has 2 aliphatic rings. The highest BCUT2D eigenvalue weighted by atomic mass is 16.7. The molecule has 0 atom stereocenters. The van der Waals surface area contributed by atoms with Crippen molar-refractivity contribution in [3.05, 3.63) is 70.0 Å². The van der Waals surface area contributed by atoms with Gasteiger partial charge in [-0.1, -0.05) is 18.2 Å². The average Bonchev–Trinajstić information content (AvgIpc) is 3.40. The van der Waals surface area contributed by atoms with Crippen molar-refractivity contribution in [1.29, 1.82) is 0 Å². The number of hydrazine groups is 1. The molecule has 37 heavy (non-hydrogen) atoms. The third-order valence-electron chi connectivity index (χ3n) is 6.15. The van der Waals surface area contributed by atoms with Crippen molar-refractivity contribution in [2.45, 2.75) is 6.54 Å². The van der Waals surface area contributed by atoms with Crippen molar-refractivity contribution in [2.75, 3.05) is 50.4 Å². The first-order chi connectivity index (χ1) is 18.0. The Morgan fingerprint density at radius 2 is 1.89 bits per heavy atom. The summed E-state index contributed by atoms with van der Waals surface area (Å²) >= 11 is 0. The molecule has 0 aliphatic carbocycles. The number of methoxy groups -OCH3 is 1. The van der Waals surface area contributed by atoms with Crippen molar-refractivity contribution in [3.63, 3.8) is 0 Å². The lowest BCUT2D eigenvalue weighted by molar-refractivity contribution is -0.383. The van der Waals surface area contributed by atoms with Gasteiger partial charge in [0.05, 0.1) is 17.6 Å². The average molecular weight is 508 g/mol. The number of benzene rings is 2. The standard InChI is InChI=1S/C24H25N7O6/c1-35-18-5-3-2-4-17(18)24(32)28-27-22-21(31(33)34)23(26-14-25-22)30-10-8-29(9-11-30)13-16-6-7-19-20(12-16)37-15-36-19/h2-7,12,14H,8-11,13,15H2,1H3,(H,28,32)(H,25,26,27). The molecule has 192 valence electrons. The molecule has 0 saturated carbocycles. The fourth-order valence-electron chi connectivity index (χ4n) is 4.29. The van der Waals surface area contributed by atoms with Gasteiger partial charge in [0.15, 0.2) is 11.5 Å². The van der Waals surface area contributed by atoms with E-state index in [2.05, 4.69) is 25.7 Å². The number of ether oxygens (including phenoxy) is 3. The normalized spacial score (nSPS) is 14.8. The summed E-state index contributed by atoms with van der Waals surface area (Å²) < 4.78 is 16.0. The highest BCUT2D eigenvalue weighted by molar-refractivity contribution is 5.97. The molecule has 0 spiro atoms. The number of nitro groups is 1. The molecule has 2 N–H and O–H groups in total. The van der Waals surface area contributed by atoms with Gasteiger partial charge in [0.2, 0.25) is 18.4 Å². The minimum Gasteiger partial charge on any atom is -0.496 e. The molecular formula is C24H25N7O6. The zero-order valence-electron chi connectivity index (χ0n) is 20.0. The zero-order valence-corrected chi connectivity index (χ0v) is 20.0. The highest BCUT2D eigenvalue weighted by Gasteiger charge is 2.30. The molecule has 0 bridgehead atoms. The van der Waals surface area contributed by atoms with E-state index in [-0.39, 0.29) is 29.7 Å². The number of nitrogens with zero attached hydrogens (tertiary/aromatic N) is 5. The Labute approximate surface area is 212 Å². The Balaban J connectivity index is 1.25. The van der Waals surface area contributed by atoms with Crippen LogP contribution >= 0.6 is 0 Å². The molecule has 2 aromatic carbocycles. The van der Waals surface area contributed by atoms with Crippen LogP contribution in [0.3, 0.4) is 0 Å². The fraction of sp³-hybridized carbons (Fsp3) is 0.292. The van der Waals surface area contributed by atoms with E-state index in [9.17, 15) is 14.9 Å². The summed E-state index contributed by atoms with van der Waals surface area (Å²) in [4.78, 5) is 36.4. The van der Waals surface area contributed by atoms with E-state index in [0.29, 0.717) is 31.9 Å². The van der Waals surface area contributed by atoms with Crippen LogP contribution in [-0.4, -0.2) is 65.8 Å². The lowest BCUT2D eigenvalue weighted by atomic mass is 10.1. The first kappa shape index (κ1) is 24.1. The van der Waals surface area contributed by atoms with Gasteiger partial charge >= 0.3 is 5.69 Å². The van der Waals surface area contributed by atoms with Crippen molar-refractivity contribution in [1.82, 2.24) is 20.3 Å². The number of fused-ring (bicyclic) bond motifs is 1. The van der Waals surface area contributed by atoms with Crippen LogP contribution in [0, 0.1) is 10.1 Å². The molecule has 13 heteroatoms. The SMILES string of the molecule is COc1ccccc1C(=O)NNc1ncnc(N2CCN(Cc3ccc4c(c3)OCO4)CC2)c1[N+](=O)[O-]. The van der Waals surface area contributed by atoms with Crippen molar-refractivity contribution < 1.29 is 23.9 Å². The molecule has 3 aromatic rings. The number of aromatic nitrogens is 2. The third kappa shape index (κ3) is 5.16. The molecule has 3 heterocycles.